The Morgan fingerprint density at radius 2 is 1.78 bits per heavy atom. The Morgan fingerprint density at radius 1 is 1.17 bits per heavy atom. The third-order valence-electron chi connectivity index (χ3n) is 2.61. The number of ether oxygens (including phenoxy) is 3. The van der Waals surface area contributed by atoms with Gasteiger partial charge >= 0.3 is 5.97 Å². The number of fused-ring (bicyclic) bond motifs is 1. The van der Waals surface area contributed by atoms with Crippen LogP contribution in [0, 0.1) is 0 Å². The molecule has 6 heteroatoms. The van der Waals surface area contributed by atoms with Gasteiger partial charge in [0.1, 0.15) is 16.4 Å². The number of benzene rings is 1. The fourth-order valence-corrected chi connectivity index (χ4v) is 2.89. The first-order chi connectivity index (χ1) is 8.63. The molecule has 0 bridgehead atoms. The van der Waals surface area contributed by atoms with Gasteiger partial charge in [0.25, 0.3) is 0 Å². The van der Waals surface area contributed by atoms with Crippen molar-refractivity contribution in [2.24, 2.45) is 0 Å². The van der Waals surface area contributed by atoms with Crippen LogP contribution in [0.1, 0.15) is 9.67 Å². The standard InChI is InChI=1S/C12H13NO4S/c1-15-6-4-5-7(16-2)10-8(6)9(13)11(18-10)12(14)17-3/h4-5H,13H2,1-3H3. The predicted octanol–water partition coefficient (Wildman–Crippen LogP) is 2.29. The summed E-state index contributed by atoms with van der Waals surface area (Å²) in [5.74, 6) is 0.796. The Morgan fingerprint density at radius 3 is 2.33 bits per heavy atom. The van der Waals surface area contributed by atoms with Crippen LogP contribution in [0.15, 0.2) is 12.1 Å². The minimum absolute atomic E-state index is 0.357. The van der Waals surface area contributed by atoms with Crippen LogP contribution in [0.5, 0.6) is 11.5 Å². The first-order valence-electron chi connectivity index (χ1n) is 5.15. The molecule has 0 saturated heterocycles. The minimum Gasteiger partial charge on any atom is -0.496 e. The van der Waals surface area contributed by atoms with E-state index in [0.29, 0.717) is 27.4 Å². The van der Waals surface area contributed by atoms with Gasteiger partial charge in [0.2, 0.25) is 0 Å². The van der Waals surface area contributed by atoms with Crippen molar-refractivity contribution in [1.29, 1.82) is 0 Å². The molecule has 18 heavy (non-hydrogen) atoms. The third kappa shape index (κ3) is 1.74. The molecule has 0 amide bonds. The summed E-state index contributed by atoms with van der Waals surface area (Å²) < 4.78 is 16.0. The van der Waals surface area contributed by atoms with Crippen molar-refractivity contribution >= 4 is 33.1 Å². The predicted molar refractivity (Wildman–Crippen MR) is 70.7 cm³/mol. The highest BCUT2D eigenvalue weighted by Gasteiger charge is 2.21. The number of anilines is 1. The highest BCUT2D eigenvalue weighted by atomic mass is 32.1. The molecule has 2 rings (SSSR count). The lowest BCUT2D eigenvalue weighted by Crippen LogP contribution is -2.01. The maximum atomic E-state index is 11.6. The monoisotopic (exact) mass is 267 g/mol. The van der Waals surface area contributed by atoms with Crippen LogP contribution in [0.25, 0.3) is 10.1 Å². The first kappa shape index (κ1) is 12.5. The normalized spacial score (nSPS) is 10.4. The van der Waals surface area contributed by atoms with Gasteiger partial charge in [0.15, 0.2) is 0 Å². The largest absolute Gasteiger partial charge is 0.496 e. The summed E-state index contributed by atoms with van der Waals surface area (Å²) in [7, 11) is 4.44. The van der Waals surface area contributed by atoms with Crippen LogP contribution in [-0.2, 0) is 4.74 Å². The van der Waals surface area contributed by atoms with E-state index in [1.54, 1.807) is 26.4 Å². The second-order valence-electron chi connectivity index (χ2n) is 3.51. The van der Waals surface area contributed by atoms with Crippen molar-refractivity contribution in [2.75, 3.05) is 27.1 Å². The molecule has 2 aromatic rings. The fourth-order valence-electron chi connectivity index (χ4n) is 1.75. The lowest BCUT2D eigenvalue weighted by Gasteiger charge is -2.06. The zero-order valence-corrected chi connectivity index (χ0v) is 11.1. The molecule has 0 unspecified atom stereocenters. The number of hydrogen-bond donors (Lipinski definition) is 1. The summed E-state index contributed by atoms with van der Waals surface area (Å²) in [5, 5.41) is 0.683. The van der Waals surface area contributed by atoms with Crippen LogP contribution in [0.3, 0.4) is 0 Å². The van der Waals surface area contributed by atoms with E-state index in [2.05, 4.69) is 0 Å². The summed E-state index contributed by atoms with van der Waals surface area (Å²) in [5.41, 5.74) is 6.35. The van der Waals surface area contributed by atoms with Crippen molar-refractivity contribution in [1.82, 2.24) is 0 Å². The summed E-state index contributed by atoms with van der Waals surface area (Å²) in [6.45, 7) is 0. The topological polar surface area (TPSA) is 70.8 Å². The molecule has 96 valence electrons. The molecule has 5 nitrogen and oxygen atoms in total. The average Bonchev–Trinajstić information content (AvgIpc) is 2.75. The van der Waals surface area contributed by atoms with Crippen molar-refractivity contribution in [3.63, 3.8) is 0 Å². The number of carbonyl (C=O) groups excluding carboxylic acids is 1. The Balaban J connectivity index is 2.80. The van der Waals surface area contributed by atoms with E-state index in [-0.39, 0.29) is 0 Å². The van der Waals surface area contributed by atoms with E-state index in [9.17, 15) is 4.79 Å². The molecule has 1 aromatic carbocycles. The van der Waals surface area contributed by atoms with Crippen LogP contribution in [-0.4, -0.2) is 27.3 Å². The number of nitrogens with two attached hydrogens (primary N) is 1. The van der Waals surface area contributed by atoms with Gasteiger partial charge in [-0.1, -0.05) is 0 Å². The number of carbonyl (C=O) groups is 1. The van der Waals surface area contributed by atoms with Crippen molar-refractivity contribution in [2.45, 2.75) is 0 Å². The van der Waals surface area contributed by atoms with Crippen molar-refractivity contribution in [3.8, 4) is 11.5 Å². The molecule has 2 N–H and O–H groups in total. The van der Waals surface area contributed by atoms with Crippen LogP contribution < -0.4 is 15.2 Å². The molecule has 0 atom stereocenters. The molecular weight excluding hydrogens is 254 g/mol. The van der Waals surface area contributed by atoms with E-state index < -0.39 is 5.97 Å². The summed E-state index contributed by atoms with van der Waals surface area (Å²) in [6, 6.07) is 3.53. The zero-order valence-electron chi connectivity index (χ0n) is 10.3. The first-order valence-corrected chi connectivity index (χ1v) is 5.97. The van der Waals surface area contributed by atoms with Gasteiger partial charge in [-0.25, -0.2) is 4.79 Å². The molecule has 0 fully saturated rings. The van der Waals surface area contributed by atoms with Crippen LogP contribution in [0.4, 0.5) is 5.69 Å². The smallest absolute Gasteiger partial charge is 0.350 e. The van der Waals surface area contributed by atoms with Gasteiger partial charge in [0, 0.05) is 0 Å². The Hall–Kier alpha value is -1.95. The van der Waals surface area contributed by atoms with Crippen molar-refractivity contribution in [3.05, 3.63) is 17.0 Å². The SMILES string of the molecule is COC(=O)c1sc2c(OC)ccc(OC)c2c1N. The molecule has 0 aliphatic heterocycles. The molecule has 0 saturated carbocycles. The van der Waals surface area contributed by atoms with Crippen molar-refractivity contribution < 1.29 is 19.0 Å². The third-order valence-corrected chi connectivity index (χ3v) is 3.81. The second kappa shape index (κ2) is 4.73. The highest BCUT2D eigenvalue weighted by Crippen LogP contribution is 2.44. The molecule has 0 aliphatic carbocycles. The fraction of sp³-hybridized carbons (Fsp3) is 0.250. The average molecular weight is 267 g/mol. The zero-order chi connectivity index (χ0) is 13.3. The van der Waals surface area contributed by atoms with Gasteiger partial charge in [-0.15, -0.1) is 11.3 Å². The van der Waals surface area contributed by atoms with E-state index >= 15 is 0 Å². The lowest BCUT2D eigenvalue weighted by atomic mass is 10.2. The number of hydrogen-bond acceptors (Lipinski definition) is 6. The van der Waals surface area contributed by atoms with Crippen LogP contribution in [0.2, 0.25) is 0 Å². The minimum atomic E-state index is -0.460. The van der Waals surface area contributed by atoms with E-state index in [4.69, 9.17) is 19.9 Å². The quantitative estimate of drug-likeness (QED) is 0.864. The van der Waals surface area contributed by atoms with Gasteiger partial charge in [0.05, 0.1) is 37.1 Å². The number of methoxy groups -OCH3 is 3. The van der Waals surface area contributed by atoms with E-state index in [1.807, 2.05) is 0 Å². The molecule has 0 aliphatic rings. The number of esters is 1. The van der Waals surface area contributed by atoms with Gasteiger partial charge < -0.3 is 19.9 Å². The van der Waals surface area contributed by atoms with Gasteiger partial charge in [-0.3, -0.25) is 0 Å². The number of thiophene rings is 1. The lowest BCUT2D eigenvalue weighted by molar-refractivity contribution is 0.0607. The summed E-state index contributed by atoms with van der Waals surface area (Å²) >= 11 is 1.23. The maximum Gasteiger partial charge on any atom is 0.350 e. The van der Waals surface area contributed by atoms with E-state index in [0.717, 1.165) is 4.70 Å². The molecular formula is C12H13NO4S. The molecule has 1 heterocycles. The van der Waals surface area contributed by atoms with Crippen LogP contribution >= 0.6 is 11.3 Å². The molecule has 0 spiro atoms. The Bertz CT molecular complexity index is 606. The Kier molecular flexibility index (Phi) is 3.29. The highest BCUT2D eigenvalue weighted by molar-refractivity contribution is 7.22. The number of nitrogen functional groups attached to an aromatic ring is 1. The van der Waals surface area contributed by atoms with Gasteiger partial charge in [-0.05, 0) is 12.1 Å². The summed E-state index contributed by atoms with van der Waals surface area (Å²) in [4.78, 5) is 12.0. The van der Waals surface area contributed by atoms with Gasteiger partial charge in [-0.2, -0.15) is 0 Å². The molecule has 1 aromatic heterocycles. The van der Waals surface area contributed by atoms with E-state index in [1.165, 1.54) is 18.4 Å². The maximum absolute atomic E-state index is 11.6. The Labute approximate surface area is 108 Å². The summed E-state index contributed by atoms with van der Waals surface area (Å²) in [6.07, 6.45) is 0. The number of rotatable bonds is 3. The second-order valence-corrected chi connectivity index (χ2v) is 4.53. The molecule has 0 radical (unpaired) electrons.